The van der Waals surface area contributed by atoms with E-state index in [0.29, 0.717) is 0 Å². The normalized spacial score (nSPS) is 10.2. The van der Waals surface area contributed by atoms with Gasteiger partial charge in [0.05, 0.1) is 0 Å². The van der Waals surface area contributed by atoms with Crippen molar-refractivity contribution < 1.29 is 68.1 Å². The van der Waals surface area contributed by atoms with Crippen molar-refractivity contribution in [2.24, 2.45) is 0 Å². The molecule has 0 saturated heterocycles. The van der Waals surface area contributed by atoms with Crippen molar-refractivity contribution in [3.05, 3.63) is 0 Å². The van der Waals surface area contributed by atoms with E-state index in [4.69, 9.17) is 0 Å². The van der Waals surface area contributed by atoms with Gasteiger partial charge in [-0.25, -0.2) is 0 Å². The van der Waals surface area contributed by atoms with Crippen LogP contribution in [-0.4, -0.2) is 5.97 Å². The van der Waals surface area contributed by atoms with E-state index in [-0.39, 0.29) is 64.6 Å². The molecule has 0 aromatic carbocycles. The summed E-state index contributed by atoms with van der Waals surface area (Å²) in [7, 11) is 0. The van der Waals surface area contributed by atoms with Gasteiger partial charge in [0.2, 0.25) is 0 Å². The van der Waals surface area contributed by atoms with Gasteiger partial charge in [-0.1, -0.05) is 84.0 Å². The Balaban J connectivity index is 0. The summed E-state index contributed by atoms with van der Waals surface area (Å²) in [6.45, 7) is 2.26. The summed E-state index contributed by atoms with van der Waals surface area (Å²) < 4.78 is 0. The summed E-state index contributed by atoms with van der Waals surface area (Å²) in [5, 5.41) is 10.2. The van der Waals surface area contributed by atoms with Crippen LogP contribution in [0.1, 0.15) is 96.8 Å². The molecule has 0 aliphatic carbocycles. The zero-order valence-electron chi connectivity index (χ0n) is 13.2. The predicted octanol–water partition coefficient (Wildman–Crippen LogP) is 1.22. The molecule has 0 aliphatic rings. The zero-order chi connectivity index (χ0) is 13.5. The molecule has 0 amide bonds. The topological polar surface area (TPSA) is 40.1 Å². The molecule has 0 unspecified atom stereocenters. The Kier molecular flexibility index (Phi) is 22.9. The summed E-state index contributed by atoms with van der Waals surface area (Å²) in [5.41, 5.74) is 0. The minimum absolute atomic E-state index is 0. The molecule has 0 fully saturated rings. The molecular formula is C16H31O2Rb. The van der Waals surface area contributed by atoms with E-state index in [1.807, 2.05) is 0 Å². The molecule has 19 heavy (non-hydrogen) atoms. The first-order chi connectivity index (χ1) is 8.77. The van der Waals surface area contributed by atoms with Crippen molar-refractivity contribution in [1.29, 1.82) is 0 Å². The van der Waals surface area contributed by atoms with Crippen LogP contribution >= 0.6 is 0 Å². The van der Waals surface area contributed by atoms with Crippen molar-refractivity contribution in [2.75, 3.05) is 0 Å². The number of rotatable bonds is 14. The maximum Gasteiger partial charge on any atom is 1.00 e. The summed E-state index contributed by atoms with van der Waals surface area (Å²) in [4.78, 5) is 10.2. The standard InChI is InChI=1S/C16H32O2.Rb/c1-2-3-4-5-6-7-8-9-10-11-12-13-14-15-16(17)18;/h2-15H2,1H3,(H,17,18);/q;+1/p-1. The molecule has 0 rings (SSSR count). The van der Waals surface area contributed by atoms with Gasteiger partial charge in [-0.3, -0.25) is 0 Å². The first kappa shape index (κ1) is 22.6. The Morgan fingerprint density at radius 2 is 1.00 bits per heavy atom. The second kappa shape index (κ2) is 19.3. The minimum Gasteiger partial charge on any atom is -0.550 e. The van der Waals surface area contributed by atoms with Gasteiger partial charge in [-0.05, 0) is 12.8 Å². The Labute approximate surface area is 168 Å². The molecule has 0 bridgehead atoms. The zero-order valence-corrected chi connectivity index (χ0v) is 18.1. The third-order valence-electron chi connectivity index (χ3n) is 3.48. The van der Waals surface area contributed by atoms with Crippen LogP contribution in [0.3, 0.4) is 0 Å². The first-order valence-electron chi connectivity index (χ1n) is 7.97. The van der Waals surface area contributed by atoms with Crippen LogP contribution in [0.25, 0.3) is 0 Å². The Morgan fingerprint density at radius 1 is 0.684 bits per heavy atom. The molecule has 0 atom stereocenters. The molecule has 0 spiro atoms. The Morgan fingerprint density at radius 3 is 1.32 bits per heavy atom. The number of hydrogen-bond acceptors (Lipinski definition) is 2. The number of hydrogen-bond donors (Lipinski definition) is 0. The van der Waals surface area contributed by atoms with Crippen LogP contribution in [0.15, 0.2) is 0 Å². The number of carbonyl (C=O) groups excluding carboxylic acids is 1. The van der Waals surface area contributed by atoms with E-state index in [1.54, 1.807) is 0 Å². The van der Waals surface area contributed by atoms with Gasteiger partial charge in [0, 0.05) is 5.97 Å². The fraction of sp³-hybridized carbons (Fsp3) is 0.938. The molecule has 3 heteroatoms. The molecule has 2 nitrogen and oxygen atoms in total. The van der Waals surface area contributed by atoms with Crippen molar-refractivity contribution in [1.82, 2.24) is 0 Å². The summed E-state index contributed by atoms with van der Waals surface area (Å²) in [6, 6.07) is 0. The number of aliphatic carboxylic acids is 1. The SMILES string of the molecule is CCCCCCCCCCCCCCCC(=O)[O-].[Rb+]. The van der Waals surface area contributed by atoms with E-state index in [1.165, 1.54) is 70.6 Å². The molecule has 108 valence electrons. The molecule has 0 aliphatic heterocycles. The molecular weight excluding hydrogens is 310 g/mol. The Hall–Kier alpha value is 1.28. The van der Waals surface area contributed by atoms with E-state index >= 15 is 0 Å². The molecule has 0 aromatic heterocycles. The van der Waals surface area contributed by atoms with Gasteiger partial charge < -0.3 is 9.90 Å². The summed E-state index contributed by atoms with van der Waals surface area (Å²) in [5.74, 6) is -0.905. The van der Waals surface area contributed by atoms with Gasteiger partial charge >= 0.3 is 58.2 Å². The fourth-order valence-corrected chi connectivity index (χ4v) is 2.29. The minimum atomic E-state index is -0.905. The van der Waals surface area contributed by atoms with Crippen LogP contribution in [0.4, 0.5) is 0 Å². The van der Waals surface area contributed by atoms with Crippen LogP contribution in [0.2, 0.25) is 0 Å². The van der Waals surface area contributed by atoms with E-state index in [2.05, 4.69) is 6.92 Å². The predicted molar refractivity (Wildman–Crippen MR) is 75.3 cm³/mol. The van der Waals surface area contributed by atoms with Gasteiger partial charge in [0.15, 0.2) is 0 Å². The number of carboxylic acid groups (broad SMARTS) is 1. The Bertz CT molecular complexity index is 184. The van der Waals surface area contributed by atoms with Crippen LogP contribution in [-0.2, 0) is 4.79 Å². The second-order valence-electron chi connectivity index (χ2n) is 5.36. The number of carbonyl (C=O) groups is 1. The average Bonchev–Trinajstić information content (AvgIpc) is 2.34. The van der Waals surface area contributed by atoms with E-state index in [9.17, 15) is 9.90 Å². The van der Waals surface area contributed by atoms with Gasteiger partial charge in [-0.2, -0.15) is 0 Å². The average molecular weight is 341 g/mol. The monoisotopic (exact) mass is 340 g/mol. The van der Waals surface area contributed by atoms with Crippen LogP contribution in [0.5, 0.6) is 0 Å². The molecule has 0 aromatic rings. The number of unbranched alkanes of at least 4 members (excludes halogenated alkanes) is 12. The number of carboxylic acids is 1. The van der Waals surface area contributed by atoms with Crippen LogP contribution in [0, 0.1) is 0 Å². The fourth-order valence-electron chi connectivity index (χ4n) is 2.29. The molecule has 0 heterocycles. The largest absolute Gasteiger partial charge is 1.00 e. The third-order valence-corrected chi connectivity index (χ3v) is 3.48. The third kappa shape index (κ3) is 21.7. The van der Waals surface area contributed by atoms with Gasteiger partial charge in [0.25, 0.3) is 0 Å². The van der Waals surface area contributed by atoms with E-state index < -0.39 is 5.97 Å². The summed E-state index contributed by atoms with van der Waals surface area (Å²) in [6.07, 6.45) is 16.9. The van der Waals surface area contributed by atoms with Crippen molar-refractivity contribution in [3.63, 3.8) is 0 Å². The summed E-state index contributed by atoms with van der Waals surface area (Å²) >= 11 is 0. The van der Waals surface area contributed by atoms with Gasteiger partial charge in [0.1, 0.15) is 0 Å². The first-order valence-corrected chi connectivity index (χ1v) is 7.97. The maximum absolute atomic E-state index is 10.2. The quantitative estimate of drug-likeness (QED) is 0.446. The second-order valence-corrected chi connectivity index (χ2v) is 5.36. The maximum atomic E-state index is 10.2. The molecule has 0 saturated carbocycles. The molecule has 0 N–H and O–H groups in total. The van der Waals surface area contributed by atoms with Crippen molar-refractivity contribution in [3.8, 4) is 0 Å². The smallest absolute Gasteiger partial charge is 0.550 e. The van der Waals surface area contributed by atoms with Crippen molar-refractivity contribution >= 4 is 5.97 Å². The van der Waals surface area contributed by atoms with Crippen molar-refractivity contribution in [2.45, 2.75) is 96.8 Å². The molecule has 0 radical (unpaired) electrons. The van der Waals surface area contributed by atoms with E-state index in [0.717, 1.165) is 12.8 Å². The van der Waals surface area contributed by atoms with Crippen LogP contribution < -0.4 is 63.3 Å². The van der Waals surface area contributed by atoms with Gasteiger partial charge in [-0.15, -0.1) is 0 Å².